The van der Waals surface area contributed by atoms with Crippen molar-refractivity contribution < 1.29 is 17.6 Å². The molecule has 0 radical (unpaired) electrons. The summed E-state index contributed by atoms with van der Waals surface area (Å²) in [6.07, 6.45) is 5.49. The Morgan fingerprint density at radius 2 is 1.98 bits per heavy atom. The van der Waals surface area contributed by atoms with Crippen LogP contribution in [0.4, 0.5) is 10.1 Å². The number of hydrogen-bond acceptors (Lipinski definition) is 4. The first-order chi connectivity index (χ1) is 19.2. The summed E-state index contributed by atoms with van der Waals surface area (Å²) in [5.41, 5.74) is 3.37. The number of carbonyl (C=O) groups is 1. The lowest BCUT2D eigenvalue weighted by Gasteiger charge is -2.25. The number of fused-ring (bicyclic) bond motifs is 1. The maximum absolute atomic E-state index is 13.9. The van der Waals surface area contributed by atoms with E-state index in [0.29, 0.717) is 23.6 Å². The van der Waals surface area contributed by atoms with Crippen molar-refractivity contribution in [1.82, 2.24) is 14.3 Å². The molecule has 1 aromatic heterocycles. The molecule has 1 fully saturated rings. The van der Waals surface area contributed by atoms with E-state index in [1.54, 1.807) is 29.3 Å². The summed E-state index contributed by atoms with van der Waals surface area (Å²) in [5.74, 6) is 0.0258. The first kappa shape index (κ1) is 26.7. The monoisotopic (exact) mass is 578 g/mol. The molecule has 3 aromatic carbocycles. The van der Waals surface area contributed by atoms with Crippen LogP contribution in [0.1, 0.15) is 47.3 Å². The van der Waals surface area contributed by atoms with Crippen molar-refractivity contribution in [1.29, 1.82) is 0 Å². The van der Waals surface area contributed by atoms with E-state index in [2.05, 4.69) is 9.71 Å². The topological polar surface area (TPSA) is 84.3 Å². The molecule has 0 saturated heterocycles. The summed E-state index contributed by atoms with van der Waals surface area (Å²) in [6.45, 7) is 0.256. The van der Waals surface area contributed by atoms with Crippen molar-refractivity contribution in [2.75, 3.05) is 4.90 Å². The van der Waals surface area contributed by atoms with Crippen LogP contribution in [0.2, 0.25) is 5.02 Å². The SMILES string of the molecule is Cn1ccnc1CN(C(=O)[C@@H]1C[C@@H]1c1cccc(F)c1)c1ccc2c(c1)[C@@H](NS(=O)(=O)c1cccc(Cl)c1)CC2. The minimum Gasteiger partial charge on any atom is -0.337 e. The Morgan fingerprint density at radius 1 is 1.15 bits per heavy atom. The fourth-order valence-electron chi connectivity index (χ4n) is 5.53. The fourth-order valence-corrected chi connectivity index (χ4v) is 7.08. The number of benzene rings is 3. The van der Waals surface area contributed by atoms with Gasteiger partial charge in [-0.2, -0.15) is 0 Å². The Balaban J connectivity index is 1.30. The van der Waals surface area contributed by atoms with Gasteiger partial charge in [-0.15, -0.1) is 0 Å². The number of aromatic nitrogens is 2. The van der Waals surface area contributed by atoms with E-state index in [0.717, 1.165) is 28.9 Å². The van der Waals surface area contributed by atoms with Gasteiger partial charge in [0.2, 0.25) is 15.9 Å². The van der Waals surface area contributed by atoms with Crippen LogP contribution in [-0.4, -0.2) is 23.9 Å². The zero-order valence-corrected chi connectivity index (χ0v) is 23.4. The van der Waals surface area contributed by atoms with Crippen LogP contribution in [0.5, 0.6) is 0 Å². The van der Waals surface area contributed by atoms with Crippen molar-refractivity contribution >= 4 is 33.2 Å². The number of anilines is 1. The molecule has 4 aromatic rings. The minimum absolute atomic E-state index is 0.0428. The second-order valence-electron chi connectivity index (χ2n) is 10.4. The predicted molar refractivity (Wildman–Crippen MR) is 151 cm³/mol. The highest BCUT2D eigenvalue weighted by molar-refractivity contribution is 7.89. The summed E-state index contributed by atoms with van der Waals surface area (Å²) in [5, 5.41) is 0.344. The van der Waals surface area contributed by atoms with E-state index >= 15 is 0 Å². The van der Waals surface area contributed by atoms with E-state index in [-0.39, 0.29) is 35.0 Å². The number of nitrogens with one attached hydrogen (secondary N) is 1. The van der Waals surface area contributed by atoms with Gasteiger partial charge in [-0.05, 0) is 84.3 Å². The van der Waals surface area contributed by atoms with Gasteiger partial charge in [0.15, 0.2) is 0 Å². The molecule has 1 amide bonds. The molecule has 0 spiro atoms. The summed E-state index contributed by atoms with van der Waals surface area (Å²) in [4.78, 5) is 20.2. The molecule has 2 aliphatic rings. The van der Waals surface area contributed by atoms with E-state index in [9.17, 15) is 17.6 Å². The highest BCUT2D eigenvalue weighted by Gasteiger charge is 2.46. The van der Waals surface area contributed by atoms with Crippen LogP contribution < -0.4 is 9.62 Å². The average molecular weight is 579 g/mol. The summed E-state index contributed by atoms with van der Waals surface area (Å²) in [6, 6.07) is 17.9. The molecule has 1 heterocycles. The Kier molecular flexibility index (Phi) is 6.98. The number of halogens is 2. The quantitative estimate of drug-likeness (QED) is 0.299. The number of rotatable bonds is 8. The maximum Gasteiger partial charge on any atom is 0.241 e. The van der Waals surface area contributed by atoms with Gasteiger partial charge >= 0.3 is 0 Å². The largest absolute Gasteiger partial charge is 0.337 e. The Labute approximate surface area is 237 Å². The fraction of sp³-hybridized carbons (Fsp3) is 0.267. The maximum atomic E-state index is 13.9. The standard InChI is InChI=1S/C30H28ClFN4O3S/c1-35-13-12-33-29(35)18-36(30(37)27-17-25(27)20-4-2-6-22(32)14-20)23-10-8-19-9-11-28(26(19)16-23)34-40(38,39)24-7-3-5-21(31)15-24/h2-8,10,12-16,25,27-28,34H,9,11,17-18H2,1H3/t25-,27-,28+/m1/s1. The molecular weight excluding hydrogens is 551 g/mol. The van der Waals surface area contributed by atoms with Crippen LogP contribution in [0.3, 0.4) is 0 Å². The van der Waals surface area contributed by atoms with Gasteiger partial charge in [-0.25, -0.2) is 22.5 Å². The minimum atomic E-state index is -3.81. The zero-order chi connectivity index (χ0) is 28.0. The van der Waals surface area contributed by atoms with Gasteiger partial charge in [0.25, 0.3) is 0 Å². The number of aryl methyl sites for hydroxylation is 2. The number of sulfonamides is 1. The molecule has 3 atom stereocenters. The normalized spacial score (nSPS) is 19.8. The lowest BCUT2D eigenvalue weighted by atomic mass is 10.1. The van der Waals surface area contributed by atoms with Crippen molar-refractivity contribution in [3.63, 3.8) is 0 Å². The van der Waals surface area contributed by atoms with E-state index in [4.69, 9.17) is 11.6 Å². The van der Waals surface area contributed by atoms with Gasteiger partial charge in [0, 0.05) is 42.1 Å². The molecule has 0 bridgehead atoms. The summed E-state index contributed by atoms with van der Waals surface area (Å²) >= 11 is 6.04. The van der Waals surface area contributed by atoms with Gasteiger partial charge in [-0.1, -0.05) is 35.9 Å². The molecule has 40 heavy (non-hydrogen) atoms. The Morgan fingerprint density at radius 3 is 2.73 bits per heavy atom. The third-order valence-corrected chi connectivity index (χ3v) is 9.50. The first-order valence-corrected chi connectivity index (χ1v) is 15.0. The number of nitrogens with zero attached hydrogens (tertiary/aromatic N) is 3. The highest BCUT2D eigenvalue weighted by Crippen LogP contribution is 2.49. The van der Waals surface area contributed by atoms with Crippen molar-refractivity contribution in [2.24, 2.45) is 13.0 Å². The van der Waals surface area contributed by atoms with Gasteiger partial charge in [0.05, 0.1) is 11.4 Å². The molecule has 1 saturated carbocycles. The summed E-state index contributed by atoms with van der Waals surface area (Å²) < 4.78 is 44.8. The molecule has 6 rings (SSSR count). The lowest BCUT2D eigenvalue weighted by molar-refractivity contribution is -0.120. The van der Waals surface area contributed by atoms with Gasteiger partial charge in [0.1, 0.15) is 11.6 Å². The van der Waals surface area contributed by atoms with Crippen LogP contribution in [0.15, 0.2) is 84.0 Å². The number of carbonyl (C=O) groups excluding carboxylic acids is 1. The van der Waals surface area contributed by atoms with Crippen LogP contribution in [0.25, 0.3) is 0 Å². The smallest absolute Gasteiger partial charge is 0.241 e. The lowest BCUT2D eigenvalue weighted by Crippen LogP contribution is -2.33. The van der Waals surface area contributed by atoms with E-state index in [1.807, 2.05) is 42.1 Å². The zero-order valence-electron chi connectivity index (χ0n) is 21.8. The van der Waals surface area contributed by atoms with Crippen molar-refractivity contribution in [2.45, 2.75) is 42.7 Å². The average Bonchev–Trinajstić information content (AvgIpc) is 3.50. The third kappa shape index (κ3) is 5.29. The Bertz CT molecular complexity index is 1710. The summed E-state index contributed by atoms with van der Waals surface area (Å²) in [7, 11) is -1.93. The predicted octanol–water partition coefficient (Wildman–Crippen LogP) is 5.52. The second kappa shape index (κ2) is 10.5. The molecule has 10 heteroatoms. The molecule has 2 aliphatic carbocycles. The Hall–Kier alpha value is -3.53. The molecular formula is C30H28ClFN4O3S. The van der Waals surface area contributed by atoms with Crippen LogP contribution in [0, 0.1) is 11.7 Å². The molecule has 7 nitrogen and oxygen atoms in total. The molecule has 0 aliphatic heterocycles. The van der Waals surface area contributed by atoms with Crippen LogP contribution >= 0.6 is 11.6 Å². The van der Waals surface area contributed by atoms with E-state index in [1.165, 1.54) is 24.3 Å². The van der Waals surface area contributed by atoms with E-state index < -0.39 is 16.1 Å². The first-order valence-electron chi connectivity index (χ1n) is 13.1. The highest BCUT2D eigenvalue weighted by atomic mass is 35.5. The number of imidazole rings is 1. The van der Waals surface area contributed by atoms with Crippen molar-refractivity contribution in [3.8, 4) is 0 Å². The van der Waals surface area contributed by atoms with Gasteiger partial charge in [-0.3, -0.25) is 4.79 Å². The number of amides is 1. The van der Waals surface area contributed by atoms with Crippen LogP contribution in [-0.2, 0) is 34.8 Å². The molecule has 206 valence electrons. The molecule has 0 unspecified atom stereocenters. The molecule has 1 N–H and O–H groups in total. The van der Waals surface area contributed by atoms with Crippen molar-refractivity contribution in [3.05, 3.63) is 112 Å². The second-order valence-corrected chi connectivity index (χ2v) is 12.6. The number of hydrogen-bond donors (Lipinski definition) is 1. The third-order valence-electron chi connectivity index (χ3n) is 7.79. The van der Waals surface area contributed by atoms with Gasteiger partial charge < -0.3 is 9.47 Å².